The molecule has 128 valence electrons. The van der Waals surface area contributed by atoms with Crippen molar-refractivity contribution in [2.75, 3.05) is 11.4 Å². The van der Waals surface area contributed by atoms with Crippen LogP contribution in [-0.4, -0.2) is 24.3 Å². The monoisotopic (exact) mass is 337 g/mol. The van der Waals surface area contributed by atoms with Crippen molar-refractivity contribution in [2.45, 2.75) is 13.3 Å². The van der Waals surface area contributed by atoms with Gasteiger partial charge in [0, 0.05) is 24.2 Å². The maximum absolute atomic E-state index is 12.3. The van der Waals surface area contributed by atoms with Crippen LogP contribution in [0.5, 0.6) is 0 Å². The van der Waals surface area contributed by atoms with E-state index in [1.165, 1.54) is 0 Å². The smallest absolute Gasteiger partial charge is 0.269 e. The number of aryl methyl sites for hydroxylation is 1. The highest BCUT2D eigenvalue weighted by Crippen LogP contribution is 2.24. The second-order valence-corrected chi connectivity index (χ2v) is 6.05. The number of carbonyl (C=O) groups is 3. The first-order valence-corrected chi connectivity index (χ1v) is 8.07. The van der Waals surface area contributed by atoms with E-state index in [-0.39, 0.29) is 24.1 Å². The van der Waals surface area contributed by atoms with Crippen LogP contribution in [0.1, 0.15) is 22.3 Å². The van der Waals surface area contributed by atoms with Crippen LogP contribution in [0.3, 0.4) is 0 Å². The molecule has 0 spiro atoms. The molecule has 6 heteroatoms. The molecule has 1 aliphatic rings. The number of hydrazine groups is 1. The molecule has 1 saturated heterocycles. The third kappa shape index (κ3) is 3.85. The summed E-state index contributed by atoms with van der Waals surface area (Å²) < 4.78 is 0. The lowest BCUT2D eigenvalue weighted by molar-refractivity contribution is -0.126. The van der Waals surface area contributed by atoms with Gasteiger partial charge in [-0.2, -0.15) is 0 Å². The van der Waals surface area contributed by atoms with Gasteiger partial charge in [0.15, 0.2) is 0 Å². The molecule has 6 nitrogen and oxygen atoms in total. The van der Waals surface area contributed by atoms with E-state index in [0.29, 0.717) is 12.1 Å². The Balaban J connectivity index is 1.57. The Kier molecular flexibility index (Phi) is 4.79. The van der Waals surface area contributed by atoms with Crippen LogP contribution in [0.25, 0.3) is 0 Å². The molecule has 0 bridgehead atoms. The number of hydrogen-bond acceptors (Lipinski definition) is 3. The van der Waals surface area contributed by atoms with Crippen LogP contribution < -0.4 is 15.8 Å². The van der Waals surface area contributed by atoms with E-state index in [9.17, 15) is 14.4 Å². The molecule has 2 aromatic carbocycles. The molecule has 1 fully saturated rings. The fourth-order valence-electron chi connectivity index (χ4n) is 2.82. The van der Waals surface area contributed by atoms with Crippen molar-refractivity contribution in [3.63, 3.8) is 0 Å². The van der Waals surface area contributed by atoms with Crippen LogP contribution >= 0.6 is 0 Å². The zero-order valence-corrected chi connectivity index (χ0v) is 13.9. The van der Waals surface area contributed by atoms with Crippen molar-refractivity contribution in [3.05, 3.63) is 65.7 Å². The molecule has 25 heavy (non-hydrogen) atoms. The van der Waals surface area contributed by atoms with Gasteiger partial charge < -0.3 is 4.90 Å². The summed E-state index contributed by atoms with van der Waals surface area (Å²) in [4.78, 5) is 38.1. The van der Waals surface area contributed by atoms with Gasteiger partial charge in [-0.15, -0.1) is 0 Å². The summed E-state index contributed by atoms with van der Waals surface area (Å²) >= 11 is 0. The number of carbonyl (C=O) groups excluding carboxylic acids is 3. The minimum Gasteiger partial charge on any atom is -0.312 e. The molecule has 3 rings (SSSR count). The normalized spacial score (nSPS) is 16.6. The molecule has 3 amide bonds. The molecule has 1 atom stereocenters. The summed E-state index contributed by atoms with van der Waals surface area (Å²) in [6.45, 7) is 2.19. The Morgan fingerprint density at radius 1 is 1.04 bits per heavy atom. The third-order valence-corrected chi connectivity index (χ3v) is 4.14. The number of nitrogens with one attached hydrogen (secondary N) is 2. The van der Waals surface area contributed by atoms with Gasteiger partial charge >= 0.3 is 0 Å². The van der Waals surface area contributed by atoms with Crippen molar-refractivity contribution in [2.24, 2.45) is 5.92 Å². The standard InChI is InChI=1S/C19H19N3O3/c1-13-6-5-7-14(10-13)18(24)20-21-19(25)15-11-17(23)22(12-15)16-8-3-2-4-9-16/h2-10,15H,11-12H2,1H3,(H,20,24)(H,21,25)/t15-/m1/s1. The van der Waals surface area contributed by atoms with E-state index >= 15 is 0 Å². The number of hydrogen-bond donors (Lipinski definition) is 2. The van der Waals surface area contributed by atoms with Gasteiger partial charge in [-0.3, -0.25) is 25.2 Å². The van der Waals surface area contributed by atoms with Gasteiger partial charge in [0.2, 0.25) is 11.8 Å². The van der Waals surface area contributed by atoms with Gasteiger partial charge in [-0.05, 0) is 31.2 Å². The van der Waals surface area contributed by atoms with E-state index < -0.39 is 5.92 Å². The lowest BCUT2D eigenvalue weighted by Crippen LogP contribution is -2.45. The van der Waals surface area contributed by atoms with Crippen molar-refractivity contribution in [3.8, 4) is 0 Å². The van der Waals surface area contributed by atoms with Crippen LogP contribution in [-0.2, 0) is 9.59 Å². The van der Waals surface area contributed by atoms with Crippen LogP contribution in [0.4, 0.5) is 5.69 Å². The Bertz CT molecular complexity index is 805. The molecule has 2 N–H and O–H groups in total. The molecule has 2 aromatic rings. The van der Waals surface area contributed by atoms with Gasteiger partial charge in [0.25, 0.3) is 5.91 Å². The summed E-state index contributed by atoms with van der Waals surface area (Å²) in [5.74, 6) is -1.35. The fraction of sp³-hybridized carbons (Fsp3) is 0.211. The molecule has 0 aliphatic carbocycles. The Morgan fingerprint density at radius 2 is 1.80 bits per heavy atom. The highest BCUT2D eigenvalue weighted by Gasteiger charge is 2.35. The zero-order chi connectivity index (χ0) is 17.8. The van der Waals surface area contributed by atoms with E-state index in [2.05, 4.69) is 10.9 Å². The number of benzene rings is 2. The van der Waals surface area contributed by atoms with E-state index in [1.54, 1.807) is 23.1 Å². The molecule has 0 saturated carbocycles. The summed E-state index contributed by atoms with van der Waals surface area (Å²) in [5, 5.41) is 0. The summed E-state index contributed by atoms with van der Waals surface area (Å²) in [6, 6.07) is 16.3. The quantitative estimate of drug-likeness (QED) is 0.839. The molecule has 0 radical (unpaired) electrons. The van der Waals surface area contributed by atoms with Crippen LogP contribution in [0.2, 0.25) is 0 Å². The third-order valence-electron chi connectivity index (χ3n) is 4.14. The lowest BCUT2D eigenvalue weighted by Gasteiger charge is -2.16. The summed E-state index contributed by atoms with van der Waals surface area (Å²) in [5.41, 5.74) is 7.02. The van der Waals surface area contributed by atoms with Gasteiger partial charge in [-0.1, -0.05) is 35.9 Å². The molecule has 1 heterocycles. The Morgan fingerprint density at radius 3 is 2.52 bits per heavy atom. The predicted octanol–water partition coefficient (Wildman–Crippen LogP) is 1.81. The number of nitrogens with zero attached hydrogens (tertiary/aromatic N) is 1. The minimum absolute atomic E-state index is 0.101. The maximum atomic E-state index is 12.3. The molecular weight excluding hydrogens is 318 g/mol. The minimum atomic E-state index is -0.495. The van der Waals surface area contributed by atoms with E-state index in [4.69, 9.17) is 0 Å². The second-order valence-electron chi connectivity index (χ2n) is 6.05. The van der Waals surface area contributed by atoms with Crippen LogP contribution in [0.15, 0.2) is 54.6 Å². The molecule has 0 aromatic heterocycles. The number of amides is 3. The molecular formula is C19H19N3O3. The Hall–Kier alpha value is -3.15. The number of rotatable bonds is 3. The van der Waals surface area contributed by atoms with Gasteiger partial charge in [-0.25, -0.2) is 0 Å². The first-order chi connectivity index (χ1) is 12.0. The highest BCUT2D eigenvalue weighted by atomic mass is 16.2. The van der Waals surface area contributed by atoms with Crippen molar-refractivity contribution in [1.82, 2.24) is 10.9 Å². The number of anilines is 1. The first kappa shape index (κ1) is 16.7. The van der Waals surface area contributed by atoms with Crippen molar-refractivity contribution >= 4 is 23.4 Å². The average Bonchev–Trinajstić information content (AvgIpc) is 3.02. The Labute approximate surface area is 145 Å². The zero-order valence-electron chi connectivity index (χ0n) is 13.9. The van der Waals surface area contributed by atoms with Gasteiger partial charge in [0.1, 0.15) is 0 Å². The fourth-order valence-corrected chi connectivity index (χ4v) is 2.82. The average molecular weight is 337 g/mol. The van der Waals surface area contributed by atoms with Gasteiger partial charge in [0.05, 0.1) is 5.92 Å². The summed E-state index contributed by atoms with van der Waals surface area (Å²) in [6.07, 6.45) is 0.126. The van der Waals surface area contributed by atoms with E-state index in [0.717, 1.165) is 11.3 Å². The van der Waals surface area contributed by atoms with Crippen molar-refractivity contribution in [1.29, 1.82) is 0 Å². The molecule has 1 aliphatic heterocycles. The van der Waals surface area contributed by atoms with Crippen LogP contribution in [0, 0.1) is 12.8 Å². The topological polar surface area (TPSA) is 78.5 Å². The second kappa shape index (κ2) is 7.17. The summed E-state index contributed by atoms with van der Waals surface area (Å²) in [7, 11) is 0. The van der Waals surface area contributed by atoms with Crippen molar-refractivity contribution < 1.29 is 14.4 Å². The number of para-hydroxylation sites is 1. The largest absolute Gasteiger partial charge is 0.312 e. The first-order valence-electron chi connectivity index (χ1n) is 8.07. The highest BCUT2D eigenvalue weighted by molar-refractivity contribution is 6.01. The maximum Gasteiger partial charge on any atom is 0.269 e. The SMILES string of the molecule is Cc1cccc(C(=O)NNC(=O)[C@@H]2CC(=O)N(c3ccccc3)C2)c1. The lowest BCUT2D eigenvalue weighted by atomic mass is 10.1. The molecule has 0 unspecified atom stereocenters. The predicted molar refractivity (Wildman–Crippen MR) is 93.7 cm³/mol. The van der Waals surface area contributed by atoms with E-state index in [1.807, 2.05) is 43.3 Å².